The molecule has 0 unspecified atom stereocenters. The number of aliphatic carboxylic acids is 1. The van der Waals surface area contributed by atoms with Crippen LogP contribution in [0.15, 0.2) is 16.7 Å². The van der Waals surface area contributed by atoms with E-state index < -0.39 is 11.5 Å². The van der Waals surface area contributed by atoms with Gasteiger partial charge in [0.15, 0.2) is 0 Å². The Hall–Kier alpha value is -0.950. The van der Waals surface area contributed by atoms with Crippen molar-refractivity contribution in [1.29, 1.82) is 0 Å². The van der Waals surface area contributed by atoms with Gasteiger partial charge >= 0.3 is 5.97 Å². The first-order valence-corrected chi connectivity index (χ1v) is 6.96. The molecule has 1 aromatic heterocycles. The number of carbonyl (C=O) groups excluding carboxylic acids is 1. The molecule has 5 nitrogen and oxygen atoms in total. The van der Waals surface area contributed by atoms with Gasteiger partial charge in [-0.15, -0.1) is 0 Å². The molecule has 92 valence electrons. The van der Waals surface area contributed by atoms with Crippen LogP contribution < -0.4 is 5.32 Å². The van der Waals surface area contributed by atoms with Crippen LogP contribution >= 0.6 is 27.7 Å². The molecule has 3 N–H and O–H groups in total. The van der Waals surface area contributed by atoms with Gasteiger partial charge < -0.3 is 15.4 Å². The normalized spacial score (nSPS) is 23.6. The third-order valence-electron chi connectivity index (χ3n) is 2.68. The smallest absolute Gasteiger partial charge is 0.330 e. The maximum absolute atomic E-state index is 11.9. The van der Waals surface area contributed by atoms with E-state index in [1.54, 1.807) is 12.3 Å². The number of halogens is 1. The number of hydrogen-bond acceptors (Lipinski definition) is 3. The van der Waals surface area contributed by atoms with Gasteiger partial charge in [0.25, 0.3) is 5.91 Å². The van der Waals surface area contributed by atoms with E-state index in [1.807, 2.05) is 0 Å². The van der Waals surface area contributed by atoms with Crippen LogP contribution in [0.1, 0.15) is 16.9 Å². The molecule has 7 heteroatoms. The highest BCUT2D eigenvalue weighted by atomic mass is 79.9. The zero-order valence-corrected chi connectivity index (χ0v) is 11.2. The van der Waals surface area contributed by atoms with Crippen molar-refractivity contribution >= 4 is 39.6 Å². The van der Waals surface area contributed by atoms with Gasteiger partial charge in [0, 0.05) is 16.4 Å². The standard InChI is InChI=1S/C10H11BrN2O3S/c11-6-3-7(12-4-6)8(14)13-10(9(15)16)1-2-17-5-10/h3-4,12H,1-2,5H2,(H,13,14)(H,15,16)/t10-/m1/s1. The number of thioether (sulfide) groups is 1. The zero-order chi connectivity index (χ0) is 12.5. The minimum Gasteiger partial charge on any atom is -0.479 e. The van der Waals surface area contributed by atoms with Gasteiger partial charge in [-0.25, -0.2) is 4.79 Å². The van der Waals surface area contributed by atoms with Crippen molar-refractivity contribution in [2.24, 2.45) is 0 Å². The fourth-order valence-electron chi connectivity index (χ4n) is 1.67. The van der Waals surface area contributed by atoms with Crippen molar-refractivity contribution < 1.29 is 14.7 Å². The molecule has 0 saturated carbocycles. The summed E-state index contributed by atoms with van der Waals surface area (Å²) in [4.78, 5) is 25.9. The van der Waals surface area contributed by atoms with E-state index in [-0.39, 0.29) is 5.91 Å². The average Bonchev–Trinajstić information content (AvgIpc) is 2.87. The Kier molecular flexibility index (Phi) is 3.48. The average molecular weight is 319 g/mol. The summed E-state index contributed by atoms with van der Waals surface area (Å²) in [6.45, 7) is 0. The second-order valence-electron chi connectivity index (χ2n) is 3.88. The molecule has 1 aromatic rings. The molecule has 1 aliphatic rings. The minimum absolute atomic E-state index is 0.356. The summed E-state index contributed by atoms with van der Waals surface area (Å²) in [5.74, 6) is -0.196. The highest BCUT2D eigenvalue weighted by molar-refractivity contribution is 9.10. The van der Waals surface area contributed by atoms with E-state index in [1.165, 1.54) is 11.8 Å². The molecule has 2 rings (SSSR count). The molecule has 1 atom stereocenters. The van der Waals surface area contributed by atoms with Gasteiger partial charge in [0.05, 0.1) is 0 Å². The maximum atomic E-state index is 11.9. The first-order valence-electron chi connectivity index (χ1n) is 5.01. The molecule has 2 heterocycles. The molecule has 17 heavy (non-hydrogen) atoms. The Balaban J connectivity index is 2.14. The topological polar surface area (TPSA) is 82.2 Å². The number of hydrogen-bond donors (Lipinski definition) is 3. The van der Waals surface area contributed by atoms with E-state index in [4.69, 9.17) is 0 Å². The number of H-pyrrole nitrogens is 1. The lowest BCUT2D eigenvalue weighted by Crippen LogP contribution is -2.54. The maximum Gasteiger partial charge on any atom is 0.330 e. The number of amides is 1. The van der Waals surface area contributed by atoms with Crippen molar-refractivity contribution in [3.63, 3.8) is 0 Å². The van der Waals surface area contributed by atoms with E-state index in [0.717, 1.165) is 10.2 Å². The third-order valence-corrected chi connectivity index (χ3v) is 4.32. The lowest BCUT2D eigenvalue weighted by Gasteiger charge is -2.24. The fourth-order valence-corrected chi connectivity index (χ4v) is 3.34. The number of rotatable bonds is 3. The largest absolute Gasteiger partial charge is 0.479 e. The summed E-state index contributed by atoms with van der Waals surface area (Å²) >= 11 is 4.76. The predicted octanol–water partition coefficient (Wildman–Crippen LogP) is 1.47. The monoisotopic (exact) mass is 318 g/mol. The van der Waals surface area contributed by atoms with Crippen molar-refractivity contribution in [3.05, 3.63) is 22.4 Å². The minimum atomic E-state index is -1.13. The number of aromatic amines is 1. The number of carboxylic acid groups (broad SMARTS) is 1. The summed E-state index contributed by atoms with van der Waals surface area (Å²) in [5.41, 5.74) is -0.770. The van der Waals surface area contributed by atoms with Crippen LogP contribution in [0.2, 0.25) is 0 Å². The number of aromatic nitrogens is 1. The summed E-state index contributed by atoms with van der Waals surface area (Å²) in [5, 5.41) is 11.8. The highest BCUT2D eigenvalue weighted by Gasteiger charge is 2.43. The molecule has 0 aromatic carbocycles. The van der Waals surface area contributed by atoms with Crippen molar-refractivity contribution in [2.45, 2.75) is 12.0 Å². The molecule has 0 bridgehead atoms. The van der Waals surface area contributed by atoms with Gasteiger partial charge in [-0.05, 0) is 34.2 Å². The highest BCUT2D eigenvalue weighted by Crippen LogP contribution is 2.28. The molecule has 0 radical (unpaired) electrons. The quantitative estimate of drug-likeness (QED) is 0.788. The number of carboxylic acids is 1. The first-order chi connectivity index (χ1) is 8.03. The van der Waals surface area contributed by atoms with Crippen molar-refractivity contribution in [3.8, 4) is 0 Å². The van der Waals surface area contributed by atoms with Crippen molar-refractivity contribution in [2.75, 3.05) is 11.5 Å². The number of carbonyl (C=O) groups is 2. The lowest BCUT2D eigenvalue weighted by molar-refractivity contribution is -0.143. The van der Waals surface area contributed by atoms with Gasteiger partial charge in [-0.1, -0.05) is 0 Å². The van der Waals surface area contributed by atoms with Gasteiger partial charge in [-0.2, -0.15) is 11.8 Å². The summed E-state index contributed by atoms with van der Waals surface area (Å²) in [7, 11) is 0. The van der Waals surface area contributed by atoms with Crippen LogP contribution in [0.4, 0.5) is 0 Å². The Morgan fingerprint density at radius 2 is 2.35 bits per heavy atom. The Morgan fingerprint density at radius 3 is 2.82 bits per heavy atom. The Bertz CT molecular complexity index is 454. The lowest BCUT2D eigenvalue weighted by atomic mass is 9.99. The van der Waals surface area contributed by atoms with Gasteiger partial charge in [-0.3, -0.25) is 4.79 Å². The molecule has 1 saturated heterocycles. The Morgan fingerprint density at radius 1 is 1.59 bits per heavy atom. The van der Waals surface area contributed by atoms with E-state index in [9.17, 15) is 14.7 Å². The third kappa shape index (κ3) is 2.50. The molecule has 0 spiro atoms. The molecule has 0 aliphatic carbocycles. The molecule has 1 amide bonds. The van der Waals surface area contributed by atoms with Crippen LogP contribution in [0, 0.1) is 0 Å². The molecular weight excluding hydrogens is 308 g/mol. The van der Waals surface area contributed by atoms with E-state index in [2.05, 4.69) is 26.2 Å². The summed E-state index contributed by atoms with van der Waals surface area (Å²) in [6.07, 6.45) is 2.09. The van der Waals surface area contributed by atoms with E-state index in [0.29, 0.717) is 17.9 Å². The molecular formula is C10H11BrN2O3S. The van der Waals surface area contributed by atoms with Crippen LogP contribution in [-0.4, -0.2) is 39.0 Å². The van der Waals surface area contributed by atoms with Gasteiger partial charge in [0.2, 0.25) is 0 Å². The van der Waals surface area contributed by atoms with Gasteiger partial charge in [0.1, 0.15) is 11.2 Å². The van der Waals surface area contributed by atoms with Crippen molar-refractivity contribution in [1.82, 2.24) is 10.3 Å². The number of nitrogens with one attached hydrogen (secondary N) is 2. The fraction of sp³-hybridized carbons (Fsp3) is 0.400. The zero-order valence-electron chi connectivity index (χ0n) is 8.83. The van der Waals surface area contributed by atoms with E-state index >= 15 is 0 Å². The molecule has 1 aliphatic heterocycles. The second kappa shape index (κ2) is 4.73. The summed E-state index contributed by atoms with van der Waals surface area (Å²) < 4.78 is 0.757. The van der Waals surface area contributed by atoms with Crippen LogP contribution in [0.25, 0.3) is 0 Å². The van der Waals surface area contributed by atoms with Crippen LogP contribution in [0.3, 0.4) is 0 Å². The Labute approximate surface area is 110 Å². The predicted molar refractivity (Wildman–Crippen MR) is 68.3 cm³/mol. The second-order valence-corrected chi connectivity index (χ2v) is 5.90. The first kappa shape index (κ1) is 12.5. The SMILES string of the molecule is O=C(N[C@]1(C(=O)O)CCSC1)c1cc(Br)c[nH]1. The van der Waals surface area contributed by atoms with Crippen LogP contribution in [-0.2, 0) is 4.79 Å². The van der Waals surface area contributed by atoms with Crippen LogP contribution in [0.5, 0.6) is 0 Å². The molecule has 1 fully saturated rings. The summed E-state index contributed by atoms with van der Waals surface area (Å²) in [6, 6.07) is 1.62.